The zero-order valence-corrected chi connectivity index (χ0v) is 13.8. The van der Waals surface area contributed by atoms with Crippen LogP contribution in [-0.4, -0.2) is 31.1 Å². The van der Waals surface area contributed by atoms with Crippen molar-refractivity contribution < 1.29 is 13.8 Å². The average Bonchev–Trinajstić information content (AvgIpc) is 3.07. The minimum Gasteiger partial charge on any atom is -1.00 e. The Morgan fingerprint density at radius 3 is 2.09 bits per heavy atom. The Labute approximate surface area is 141 Å². The van der Waals surface area contributed by atoms with Crippen molar-refractivity contribution in [2.75, 3.05) is 31.1 Å². The smallest absolute Gasteiger partial charge is 1.00 e. The summed E-state index contributed by atoms with van der Waals surface area (Å²) in [5.41, 5.74) is 2.70. The van der Waals surface area contributed by atoms with Crippen LogP contribution in [0.3, 0.4) is 0 Å². The van der Waals surface area contributed by atoms with Crippen LogP contribution in [0.25, 0.3) is 0 Å². The molecule has 2 aromatic rings. The summed E-state index contributed by atoms with van der Waals surface area (Å²) in [5.74, 6) is 0. The van der Waals surface area contributed by atoms with E-state index in [0.717, 1.165) is 13.1 Å². The van der Waals surface area contributed by atoms with Crippen molar-refractivity contribution in [3.63, 3.8) is 0 Å². The third-order valence-electron chi connectivity index (χ3n) is 4.22. The van der Waals surface area contributed by atoms with Gasteiger partial charge in [-0.15, -0.1) is 0 Å². The van der Waals surface area contributed by atoms with Crippen LogP contribution < -0.4 is 17.3 Å². The summed E-state index contributed by atoms with van der Waals surface area (Å²) in [6.45, 7) is 5.79. The number of benzene rings is 2. The second-order valence-corrected chi connectivity index (χ2v) is 5.79. The highest BCUT2D eigenvalue weighted by atomic mass is 35.5. The molecule has 1 aliphatic heterocycles. The van der Waals surface area contributed by atoms with Crippen LogP contribution in [0, 0.1) is 0 Å². The third-order valence-corrected chi connectivity index (χ3v) is 4.22. The predicted molar refractivity (Wildman–Crippen MR) is 90.7 cm³/mol. The molecule has 1 aliphatic rings. The summed E-state index contributed by atoms with van der Waals surface area (Å²) in [5, 5.41) is 0. The number of hydrogen-bond donors (Lipinski definition) is 0. The zero-order chi connectivity index (χ0) is 14.3. The number of halogens is 1. The SMILES string of the molecule is [Cl-].[H+].c1ccc(CN(CCN2CCCC2)c2ccccc2)cc1. The highest BCUT2D eigenvalue weighted by molar-refractivity contribution is 5.46. The molecule has 22 heavy (non-hydrogen) atoms. The van der Waals surface area contributed by atoms with E-state index in [2.05, 4.69) is 70.5 Å². The van der Waals surface area contributed by atoms with Crippen LogP contribution >= 0.6 is 0 Å². The Bertz CT molecular complexity index is 530. The van der Waals surface area contributed by atoms with E-state index < -0.39 is 0 Å². The van der Waals surface area contributed by atoms with Gasteiger partial charge in [0, 0.05) is 25.3 Å². The van der Waals surface area contributed by atoms with E-state index >= 15 is 0 Å². The number of anilines is 1. The van der Waals surface area contributed by atoms with Crippen LogP contribution in [0.2, 0.25) is 0 Å². The number of rotatable bonds is 6. The first-order valence-electron chi connectivity index (χ1n) is 7.98. The van der Waals surface area contributed by atoms with Crippen molar-refractivity contribution >= 4 is 5.69 Å². The van der Waals surface area contributed by atoms with Crippen LogP contribution in [-0.2, 0) is 6.54 Å². The minimum absolute atomic E-state index is 0. The Hall–Kier alpha value is -1.51. The molecule has 1 heterocycles. The molecule has 0 N–H and O–H groups in total. The maximum Gasteiger partial charge on any atom is 1.00 e. The standard InChI is InChI=1S/C19H24N2.ClH/c1-3-9-18(10-4-1)17-21(19-11-5-2-6-12-19)16-15-20-13-7-8-14-20;/h1-6,9-12H,7-8,13-17H2;1H. The molecule has 3 heteroatoms. The monoisotopic (exact) mass is 316 g/mol. The molecule has 0 amide bonds. The largest absolute Gasteiger partial charge is 1.00 e. The maximum atomic E-state index is 2.58. The molecule has 0 bridgehead atoms. The van der Waals surface area contributed by atoms with Gasteiger partial charge in [-0.3, -0.25) is 0 Å². The number of para-hydroxylation sites is 1. The molecule has 0 atom stereocenters. The first kappa shape index (κ1) is 16.9. The van der Waals surface area contributed by atoms with Gasteiger partial charge in [0.15, 0.2) is 0 Å². The first-order chi connectivity index (χ1) is 10.4. The fraction of sp³-hybridized carbons (Fsp3) is 0.368. The van der Waals surface area contributed by atoms with Gasteiger partial charge in [0.1, 0.15) is 0 Å². The lowest BCUT2D eigenvalue weighted by Gasteiger charge is -2.27. The predicted octanol–water partition coefficient (Wildman–Crippen LogP) is 0.906. The van der Waals surface area contributed by atoms with E-state index in [1.165, 1.54) is 43.7 Å². The van der Waals surface area contributed by atoms with Gasteiger partial charge in [0.25, 0.3) is 0 Å². The van der Waals surface area contributed by atoms with Crippen molar-refractivity contribution in [1.82, 2.24) is 4.90 Å². The molecule has 3 rings (SSSR count). The molecule has 2 aromatic carbocycles. The molecule has 0 saturated carbocycles. The van der Waals surface area contributed by atoms with Crippen molar-refractivity contribution in [3.05, 3.63) is 66.2 Å². The number of hydrogen-bond acceptors (Lipinski definition) is 2. The Morgan fingerprint density at radius 2 is 1.45 bits per heavy atom. The van der Waals surface area contributed by atoms with Crippen molar-refractivity contribution in [2.45, 2.75) is 19.4 Å². The van der Waals surface area contributed by atoms with E-state index in [-0.39, 0.29) is 13.8 Å². The van der Waals surface area contributed by atoms with Crippen LogP contribution in [0.4, 0.5) is 5.69 Å². The molecular formula is C19H25ClN2. The highest BCUT2D eigenvalue weighted by Crippen LogP contribution is 2.17. The second kappa shape index (κ2) is 8.82. The summed E-state index contributed by atoms with van der Waals surface area (Å²) in [4.78, 5) is 5.08. The molecule has 1 fully saturated rings. The van der Waals surface area contributed by atoms with Gasteiger partial charge in [-0.05, 0) is 43.6 Å². The van der Waals surface area contributed by atoms with E-state index in [0.29, 0.717) is 0 Å². The van der Waals surface area contributed by atoms with Gasteiger partial charge in [0.2, 0.25) is 0 Å². The van der Waals surface area contributed by atoms with E-state index in [4.69, 9.17) is 0 Å². The average molecular weight is 317 g/mol. The molecule has 0 unspecified atom stereocenters. The van der Waals surface area contributed by atoms with Gasteiger partial charge in [0.05, 0.1) is 0 Å². The quantitative estimate of drug-likeness (QED) is 0.781. The van der Waals surface area contributed by atoms with Gasteiger partial charge in [-0.2, -0.15) is 0 Å². The van der Waals surface area contributed by atoms with Crippen molar-refractivity contribution in [3.8, 4) is 0 Å². The first-order valence-corrected chi connectivity index (χ1v) is 7.98. The molecule has 0 spiro atoms. The highest BCUT2D eigenvalue weighted by Gasteiger charge is 2.13. The molecule has 0 radical (unpaired) electrons. The summed E-state index contributed by atoms with van der Waals surface area (Å²) in [6.07, 6.45) is 2.73. The topological polar surface area (TPSA) is 6.48 Å². The molecule has 2 nitrogen and oxygen atoms in total. The number of nitrogens with zero attached hydrogens (tertiary/aromatic N) is 2. The van der Waals surface area contributed by atoms with Gasteiger partial charge in [-0.25, -0.2) is 0 Å². The number of likely N-dealkylation sites (tertiary alicyclic amines) is 1. The third kappa shape index (κ3) is 4.75. The summed E-state index contributed by atoms with van der Waals surface area (Å²) in [6, 6.07) is 21.5. The fourth-order valence-electron chi connectivity index (χ4n) is 3.01. The normalized spacial score (nSPS) is 14.5. The van der Waals surface area contributed by atoms with E-state index in [1.807, 2.05) is 0 Å². The maximum absolute atomic E-state index is 2.58. The lowest BCUT2D eigenvalue weighted by molar-refractivity contribution is -0.00000424. The Morgan fingerprint density at radius 1 is 0.864 bits per heavy atom. The van der Waals surface area contributed by atoms with Crippen LogP contribution in [0.5, 0.6) is 0 Å². The Balaban J connectivity index is 0.00000132. The minimum atomic E-state index is 0. The summed E-state index contributed by atoms with van der Waals surface area (Å²) >= 11 is 0. The van der Waals surface area contributed by atoms with Crippen LogP contribution in [0.15, 0.2) is 60.7 Å². The summed E-state index contributed by atoms with van der Waals surface area (Å²) < 4.78 is 0. The lowest BCUT2D eigenvalue weighted by atomic mass is 10.2. The second-order valence-electron chi connectivity index (χ2n) is 5.79. The van der Waals surface area contributed by atoms with Gasteiger partial charge < -0.3 is 22.2 Å². The fourth-order valence-corrected chi connectivity index (χ4v) is 3.01. The lowest BCUT2D eigenvalue weighted by Crippen LogP contribution is -3.00. The molecule has 118 valence electrons. The molecule has 0 aromatic heterocycles. The Kier molecular flexibility index (Phi) is 6.75. The van der Waals surface area contributed by atoms with Crippen LogP contribution in [0.1, 0.15) is 19.8 Å². The molecular weight excluding hydrogens is 292 g/mol. The van der Waals surface area contributed by atoms with E-state index in [9.17, 15) is 0 Å². The van der Waals surface area contributed by atoms with Gasteiger partial charge >= 0.3 is 1.43 Å². The zero-order valence-electron chi connectivity index (χ0n) is 14.0. The molecule has 1 saturated heterocycles. The van der Waals surface area contributed by atoms with Crippen molar-refractivity contribution in [2.24, 2.45) is 0 Å². The van der Waals surface area contributed by atoms with Gasteiger partial charge in [-0.1, -0.05) is 48.5 Å². The van der Waals surface area contributed by atoms with Crippen molar-refractivity contribution in [1.29, 1.82) is 0 Å². The molecule has 0 aliphatic carbocycles. The summed E-state index contributed by atoms with van der Waals surface area (Å²) in [7, 11) is 0. The van der Waals surface area contributed by atoms with E-state index in [1.54, 1.807) is 0 Å².